The van der Waals surface area contributed by atoms with E-state index in [4.69, 9.17) is 9.47 Å². The zero-order valence-corrected chi connectivity index (χ0v) is 23.1. The molecule has 0 aromatic heterocycles. The first-order valence-electron chi connectivity index (χ1n) is 15.8. The molecule has 0 aromatic carbocycles. The smallest absolute Gasteiger partial charge is 0.144 e. The molecule has 210 valence electrons. The topological polar surface area (TPSA) is 86.7 Å². The summed E-state index contributed by atoms with van der Waals surface area (Å²) in [4.78, 5) is 48.4. The van der Waals surface area contributed by atoms with Crippen LogP contribution >= 0.6 is 0 Å². The lowest BCUT2D eigenvalue weighted by molar-refractivity contribution is -0.127. The van der Waals surface area contributed by atoms with Crippen molar-refractivity contribution in [2.45, 2.75) is 134 Å². The minimum Gasteiger partial charge on any atom is -0.375 e. The normalized spacial score (nSPS) is 44.7. The van der Waals surface area contributed by atoms with Crippen LogP contribution in [0.25, 0.3) is 0 Å². The summed E-state index contributed by atoms with van der Waals surface area (Å²) in [5, 5.41) is 0. The molecule has 6 aliphatic rings. The van der Waals surface area contributed by atoms with E-state index in [9.17, 15) is 19.2 Å². The van der Waals surface area contributed by atoms with E-state index < -0.39 is 0 Å². The predicted octanol–water partition coefficient (Wildman–Crippen LogP) is 5.43. The molecule has 6 saturated carbocycles. The Morgan fingerprint density at radius 3 is 1.21 bits per heavy atom. The van der Waals surface area contributed by atoms with E-state index in [1.807, 2.05) is 0 Å². The van der Waals surface area contributed by atoms with E-state index >= 15 is 0 Å². The number of ether oxygens (including phenoxy) is 2. The third-order valence-corrected chi connectivity index (χ3v) is 11.7. The van der Waals surface area contributed by atoms with Gasteiger partial charge in [0.2, 0.25) is 0 Å². The molecule has 0 saturated heterocycles. The van der Waals surface area contributed by atoms with Gasteiger partial charge in [0.1, 0.15) is 23.1 Å². The monoisotopic (exact) mass is 526 g/mol. The lowest BCUT2D eigenvalue weighted by Crippen LogP contribution is -2.37. The highest BCUT2D eigenvalue weighted by molar-refractivity contribution is 6.09. The van der Waals surface area contributed by atoms with Crippen LogP contribution in [-0.4, -0.2) is 47.5 Å². The van der Waals surface area contributed by atoms with E-state index in [2.05, 4.69) is 6.92 Å². The fraction of sp³-hybridized carbons (Fsp3) is 0.875. The Hall–Kier alpha value is -1.40. The van der Waals surface area contributed by atoms with E-state index in [1.54, 1.807) is 0 Å². The summed E-state index contributed by atoms with van der Waals surface area (Å²) >= 11 is 0. The van der Waals surface area contributed by atoms with Gasteiger partial charge in [-0.3, -0.25) is 19.2 Å². The molecule has 0 bridgehead atoms. The number of fused-ring (bicyclic) bond motifs is 2. The molecule has 6 fully saturated rings. The predicted molar refractivity (Wildman–Crippen MR) is 141 cm³/mol. The van der Waals surface area contributed by atoms with Crippen molar-refractivity contribution in [3.63, 3.8) is 0 Å². The largest absolute Gasteiger partial charge is 0.375 e. The van der Waals surface area contributed by atoms with Gasteiger partial charge in [-0.2, -0.15) is 0 Å². The average Bonchev–Trinajstić information content (AvgIpc) is 3.37. The molecule has 0 heterocycles. The Morgan fingerprint density at radius 2 is 0.816 bits per heavy atom. The van der Waals surface area contributed by atoms with Gasteiger partial charge in [0.15, 0.2) is 0 Å². The molecular formula is C32H46O6. The Morgan fingerprint density at radius 1 is 0.474 bits per heavy atom. The van der Waals surface area contributed by atoms with Crippen molar-refractivity contribution in [3.05, 3.63) is 0 Å². The van der Waals surface area contributed by atoms with Gasteiger partial charge in [0.05, 0.1) is 37.3 Å². The molecular weight excluding hydrogens is 480 g/mol. The molecule has 6 atom stereocenters. The van der Waals surface area contributed by atoms with Crippen LogP contribution in [0, 0.1) is 41.4 Å². The highest BCUT2D eigenvalue weighted by Crippen LogP contribution is 2.44. The lowest BCUT2D eigenvalue weighted by atomic mass is 9.69. The second kappa shape index (κ2) is 11.2. The molecule has 6 rings (SSSR count). The first kappa shape index (κ1) is 26.8. The standard InChI is InChI=1S/C32H46O6/c1-18(19-2-6-21(7-3-19)37-23-10-12-25-27(14-23)31(35)16-29(25)33)20-4-8-22(9-5-20)38-24-11-13-26-28(15-24)32(36)17-30(26)34/h18-28H,2-17H2,1H3. The van der Waals surface area contributed by atoms with Crippen molar-refractivity contribution in [2.24, 2.45) is 41.4 Å². The van der Waals surface area contributed by atoms with Gasteiger partial charge < -0.3 is 9.47 Å². The second-order valence-corrected chi connectivity index (χ2v) is 13.7. The third-order valence-electron chi connectivity index (χ3n) is 11.7. The van der Waals surface area contributed by atoms with Crippen molar-refractivity contribution in [1.82, 2.24) is 0 Å². The zero-order valence-electron chi connectivity index (χ0n) is 23.1. The van der Waals surface area contributed by atoms with Gasteiger partial charge >= 0.3 is 0 Å². The fourth-order valence-electron chi connectivity index (χ4n) is 9.29. The highest BCUT2D eigenvalue weighted by Gasteiger charge is 2.47. The van der Waals surface area contributed by atoms with Crippen molar-refractivity contribution >= 4 is 23.1 Å². The van der Waals surface area contributed by atoms with Crippen LogP contribution in [0.5, 0.6) is 0 Å². The van der Waals surface area contributed by atoms with E-state index in [0.717, 1.165) is 82.0 Å². The Kier molecular flexibility index (Phi) is 7.92. The summed E-state index contributed by atoms with van der Waals surface area (Å²) in [7, 11) is 0. The number of carbonyl (C=O) groups excluding carboxylic acids is 4. The summed E-state index contributed by atoms with van der Waals surface area (Å²) in [5.41, 5.74) is 0. The maximum absolute atomic E-state index is 12.2. The van der Waals surface area contributed by atoms with Crippen molar-refractivity contribution < 1.29 is 28.7 Å². The van der Waals surface area contributed by atoms with Gasteiger partial charge in [-0.15, -0.1) is 0 Å². The maximum atomic E-state index is 12.2. The van der Waals surface area contributed by atoms with Crippen LogP contribution in [0.2, 0.25) is 0 Å². The first-order valence-corrected chi connectivity index (χ1v) is 15.8. The van der Waals surface area contributed by atoms with E-state index in [1.165, 1.54) is 25.7 Å². The second-order valence-electron chi connectivity index (χ2n) is 13.7. The molecule has 6 nitrogen and oxygen atoms in total. The van der Waals surface area contributed by atoms with Crippen molar-refractivity contribution in [2.75, 3.05) is 0 Å². The van der Waals surface area contributed by atoms with E-state index in [0.29, 0.717) is 12.2 Å². The van der Waals surface area contributed by atoms with Gasteiger partial charge in [-0.05, 0) is 108 Å². The van der Waals surface area contributed by atoms with Gasteiger partial charge in [-0.1, -0.05) is 6.92 Å². The Bertz CT molecular complexity index is 852. The molecule has 0 aromatic rings. The number of rotatable bonds is 6. The van der Waals surface area contributed by atoms with Crippen LogP contribution < -0.4 is 0 Å². The molecule has 38 heavy (non-hydrogen) atoms. The lowest BCUT2D eigenvalue weighted by Gasteiger charge is -2.41. The summed E-state index contributed by atoms with van der Waals surface area (Å²) in [6.07, 6.45) is 15.7. The highest BCUT2D eigenvalue weighted by atomic mass is 16.5. The molecule has 6 unspecified atom stereocenters. The van der Waals surface area contributed by atoms with Gasteiger partial charge in [0.25, 0.3) is 0 Å². The third kappa shape index (κ3) is 5.46. The molecule has 0 N–H and O–H groups in total. The fourth-order valence-corrected chi connectivity index (χ4v) is 9.29. The number of Topliss-reactive ketones (excluding diaryl/α,β-unsaturated/α-hetero) is 4. The molecule has 0 radical (unpaired) electrons. The number of carbonyl (C=O) groups is 4. The summed E-state index contributed by atoms with van der Waals surface area (Å²) < 4.78 is 13.0. The Labute approximate surface area is 227 Å². The summed E-state index contributed by atoms with van der Waals surface area (Å²) in [5.74, 6) is 2.73. The maximum Gasteiger partial charge on any atom is 0.144 e. The van der Waals surface area contributed by atoms with Gasteiger partial charge in [-0.25, -0.2) is 0 Å². The Balaban J connectivity index is 0.902. The van der Waals surface area contributed by atoms with Crippen LogP contribution in [0.4, 0.5) is 0 Å². The van der Waals surface area contributed by atoms with Crippen LogP contribution in [0.15, 0.2) is 0 Å². The first-order chi connectivity index (χ1) is 18.4. The minimum absolute atomic E-state index is 0.0170. The minimum atomic E-state index is -0.0684. The SMILES string of the molecule is CC(C1CCC(OC2CCC3C(=O)CC(=O)C3C2)CC1)C1CCC(OC2CCC3C(=O)CC(=O)C3C2)CC1. The summed E-state index contributed by atoms with van der Waals surface area (Å²) in [6.45, 7) is 2.46. The quantitative estimate of drug-likeness (QED) is 0.429. The average molecular weight is 527 g/mol. The zero-order chi connectivity index (χ0) is 26.4. The van der Waals surface area contributed by atoms with Gasteiger partial charge in [0, 0.05) is 23.7 Å². The summed E-state index contributed by atoms with van der Waals surface area (Å²) in [6, 6.07) is 0. The van der Waals surface area contributed by atoms with Crippen molar-refractivity contribution in [1.29, 1.82) is 0 Å². The molecule has 0 amide bonds. The van der Waals surface area contributed by atoms with Crippen LogP contribution in [0.1, 0.15) is 110 Å². The molecule has 6 heteroatoms. The van der Waals surface area contributed by atoms with Crippen LogP contribution in [0.3, 0.4) is 0 Å². The number of ketones is 4. The number of hydrogen-bond donors (Lipinski definition) is 0. The molecule has 0 spiro atoms. The van der Waals surface area contributed by atoms with Crippen molar-refractivity contribution in [3.8, 4) is 0 Å². The molecule has 0 aliphatic heterocycles. The number of hydrogen-bond acceptors (Lipinski definition) is 6. The molecule has 6 aliphatic carbocycles. The van der Waals surface area contributed by atoms with Crippen LogP contribution in [-0.2, 0) is 28.7 Å². The van der Waals surface area contributed by atoms with E-state index in [-0.39, 0.29) is 71.9 Å².